The molecular weight excluding hydrogens is 461 g/mol. The van der Waals surface area contributed by atoms with Gasteiger partial charge < -0.3 is 17.3 Å². The highest BCUT2D eigenvalue weighted by molar-refractivity contribution is 6.50. The molecule has 1 nitrogen and oxygen atoms in total. The summed E-state index contributed by atoms with van der Waals surface area (Å²) in [5.74, 6) is 0. The van der Waals surface area contributed by atoms with Gasteiger partial charge in [-0.1, -0.05) is 86.5 Å². The van der Waals surface area contributed by atoms with Crippen LogP contribution < -0.4 is 4.57 Å². The average molecular weight is 493 g/mol. The Morgan fingerprint density at radius 1 is 0.611 bits per heavy atom. The topological polar surface area (TPSA) is 3.88 Å². The number of benzene rings is 3. The monoisotopic (exact) mass is 493 g/mol. The molecule has 0 saturated heterocycles. The lowest BCUT2D eigenvalue weighted by Gasteiger charge is -2.17. The Labute approximate surface area is 211 Å². The lowest BCUT2D eigenvalue weighted by molar-refractivity contribution is -0.699. The van der Waals surface area contributed by atoms with Gasteiger partial charge in [0.1, 0.15) is 0 Å². The third-order valence-electron chi connectivity index (χ3n) is 6.02. The molecule has 0 spiro atoms. The highest BCUT2D eigenvalue weighted by Crippen LogP contribution is 2.31. The molecular formula is C30H32BF4N. The molecule has 1 aromatic heterocycles. The molecule has 0 amide bonds. The third-order valence-corrected chi connectivity index (χ3v) is 6.02. The van der Waals surface area contributed by atoms with E-state index >= 15 is 0 Å². The molecule has 0 aliphatic rings. The van der Waals surface area contributed by atoms with Gasteiger partial charge in [0.25, 0.3) is 0 Å². The van der Waals surface area contributed by atoms with Crippen molar-refractivity contribution in [2.75, 3.05) is 0 Å². The average Bonchev–Trinajstić information content (AvgIpc) is 2.88. The molecule has 1 heterocycles. The van der Waals surface area contributed by atoms with Gasteiger partial charge in [0, 0.05) is 29.7 Å². The second kappa shape index (κ2) is 13.1. The number of halogens is 4. The summed E-state index contributed by atoms with van der Waals surface area (Å²) in [4.78, 5) is 0. The molecule has 1 unspecified atom stereocenters. The molecule has 3 aromatic carbocycles. The van der Waals surface area contributed by atoms with E-state index in [1.54, 1.807) is 0 Å². The van der Waals surface area contributed by atoms with E-state index in [-0.39, 0.29) is 0 Å². The van der Waals surface area contributed by atoms with Crippen molar-refractivity contribution < 1.29 is 21.8 Å². The van der Waals surface area contributed by atoms with Gasteiger partial charge >= 0.3 is 7.25 Å². The van der Waals surface area contributed by atoms with Crippen molar-refractivity contribution in [3.63, 3.8) is 0 Å². The van der Waals surface area contributed by atoms with Crippen LogP contribution in [0, 0.1) is 0 Å². The van der Waals surface area contributed by atoms with Crippen molar-refractivity contribution in [2.24, 2.45) is 0 Å². The van der Waals surface area contributed by atoms with Crippen LogP contribution in [0.3, 0.4) is 0 Å². The van der Waals surface area contributed by atoms with Gasteiger partial charge in [-0.25, -0.2) is 0 Å². The number of hydrogen-bond acceptors (Lipinski definition) is 0. The Bertz CT molecular complexity index is 1130. The second-order valence-corrected chi connectivity index (χ2v) is 8.82. The van der Waals surface area contributed by atoms with Crippen LogP contribution in [-0.2, 0) is 0 Å². The smallest absolute Gasteiger partial charge is 0.418 e. The minimum atomic E-state index is -6.00. The van der Waals surface area contributed by atoms with Gasteiger partial charge in [-0.2, -0.15) is 4.57 Å². The number of aromatic nitrogens is 1. The minimum absolute atomic E-state index is 0.418. The molecule has 6 heteroatoms. The fourth-order valence-corrected chi connectivity index (χ4v) is 4.36. The van der Waals surface area contributed by atoms with Crippen LogP contribution in [0.2, 0.25) is 0 Å². The van der Waals surface area contributed by atoms with Crippen LogP contribution in [0.25, 0.3) is 33.6 Å². The Morgan fingerprint density at radius 3 is 1.39 bits per heavy atom. The Kier molecular flexibility index (Phi) is 9.86. The predicted molar refractivity (Wildman–Crippen MR) is 142 cm³/mol. The summed E-state index contributed by atoms with van der Waals surface area (Å²) in [5.41, 5.74) is 7.60. The first-order valence-corrected chi connectivity index (χ1v) is 12.4. The SMILES string of the molecule is CCCCCC(C)[n+]1c(-c2ccccc2)cc(-c2ccccc2)cc1-c1ccccc1.F[B-](F)(F)F. The minimum Gasteiger partial charge on any atom is -0.418 e. The molecule has 0 fully saturated rings. The fourth-order valence-electron chi connectivity index (χ4n) is 4.36. The maximum Gasteiger partial charge on any atom is 0.673 e. The highest BCUT2D eigenvalue weighted by Gasteiger charge is 2.27. The van der Waals surface area contributed by atoms with E-state index in [0.717, 1.165) is 0 Å². The predicted octanol–water partition coefficient (Wildman–Crippen LogP) is 9.42. The number of hydrogen-bond donors (Lipinski definition) is 0. The van der Waals surface area contributed by atoms with E-state index in [2.05, 4.69) is 122 Å². The first kappa shape index (κ1) is 27.2. The van der Waals surface area contributed by atoms with Gasteiger partial charge in [-0.05, 0) is 48.7 Å². The van der Waals surface area contributed by atoms with Gasteiger partial charge in [-0.15, -0.1) is 0 Å². The second-order valence-electron chi connectivity index (χ2n) is 8.82. The summed E-state index contributed by atoms with van der Waals surface area (Å²) in [6.07, 6.45) is 4.98. The molecule has 36 heavy (non-hydrogen) atoms. The summed E-state index contributed by atoms with van der Waals surface area (Å²) in [5, 5.41) is 0. The van der Waals surface area contributed by atoms with Gasteiger partial charge in [0.2, 0.25) is 11.4 Å². The van der Waals surface area contributed by atoms with E-state index in [1.807, 2.05) is 0 Å². The molecule has 0 saturated carbocycles. The lowest BCUT2D eigenvalue weighted by atomic mass is 9.97. The Morgan fingerprint density at radius 2 is 1.00 bits per heavy atom. The van der Waals surface area contributed by atoms with Crippen LogP contribution >= 0.6 is 0 Å². The molecule has 4 rings (SSSR count). The molecule has 0 N–H and O–H groups in total. The summed E-state index contributed by atoms with van der Waals surface area (Å²) in [7, 11) is -6.00. The van der Waals surface area contributed by atoms with Crippen molar-refractivity contribution in [3.05, 3.63) is 103 Å². The van der Waals surface area contributed by atoms with Crippen LogP contribution in [-0.4, -0.2) is 7.25 Å². The zero-order valence-corrected chi connectivity index (χ0v) is 20.8. The maximum atomic E-state index is 9.75. The molecule has 0 radical (unpaired) electrons. The fraction of sp³-hybridized carbons (Fsp3) is 0.233. The van der Waals surface area contributed by atoms with Gasteiger partial charge in [0.05, 0.1) is 0 Å². The van der Waals surface area contributed by atoms with Gasteiger partial charge in [0.15, 0.2) is 6.04 Å². The molecule has 4 aromatic rings. The van der Waals surface area contributed by atoms with Crippen molar-refractivity contribution in [1.29, 1.82) is 0 Å². The molecule has 0 aliphatic heterocycles. The van der Waals surface area contributed by atoms with Crippen LogP contribution in [0.15, 0.2) is 103 Å². The van der Waals surface area contributed by atoms with Crippen LogP contribution in [0.5, 0.6) is 0 Å². The van der Waals surface area contributed by atoms with Crippen molar-refractivity contribution in [1.82, 2.24) is 0 Å². The van der Waals surface area contributed by atoms with E-state index in [0.29, 0.717) is 6.04 Å². The number of rotatable bonds is 8. The summed E-state index contributed by atoms with van der Waals surface area (Å²) in [6.45, 7) is 4.65. The number of unbranched alkanes of at least 4 members (excludes halogenated alkanes) is 2. The van der Waals surface area contributed by atoms with Crippen molar-refractivity contribution in [3.8, 4) is 33.6 Å². The molecule has 1 atom stereocenters. The van der Waals surface area contributed by atoms with Crippen molar-refractivity contribution in [2.45, 2.75) is 45.6 Å². The largest absolute Gasteiger partial charge is 0.673 e. The van der Waals surface area contributed by atoms with Crippen molar-refractivity contribution >= 4 is 7.25 Å². The first-order chi connectivity index (χ1) is 17.3. The van der Waals surface area contributed by atoms with Crippen LogP contribution in [0.1, 0.15) is 45.6 Å². The summed E-state index contributed by atoms with van der Waals surface area (Å²) in [6, 6.07) is 37.5. The summed E-state index contributed by atoms with van der Waals surface area (Å²) >= 11 is 0. The Hall–Kier alpha value is -3.41. The van der Waals surface area contributed by atoms with E-state index in [4.69, 9.17) is 0 Å². The van der Waals surface area contributed by atoms with E-state index in [1.165, 1.54) is 59.3 Å². The zero-order valence-electron chi connectivity index (χ0n) is 20.8. The van der Waals surface area contributed by atoms with E-state index < -0.39 is 7.25 Å². The zero-order chi connectivity index (χ0) is 26.0. The normalized spacial score (nSPS) is 11.9. The Balaban J connectivity index is 0.000000658. The highest BCUT2D eigenvalue weighted by atomic mass is 19.5. The molecule has 188 valence electrons. The number of pyridine rings is 1. The van der Waals surface area contributed by atoms with Crippen LogP contribution in [0.4, 0.5) is 17.3 Å². The first-order valence-electron chi connectivity index (χ1n) is 12.4. The maximum absolute atomic E-state index is 9.75. The van der Waals surface area contributed by atoms with E-state index in [9.17, 15) is 17.3 Å². The standard InChI is InChI=1S/C30H32N.BF4/c1-3-4-8-15-24(2)31-29(26-18-11-6-12-19-26)22-28(25-16-9-5-10-17-25)23-30(31)27-20-13-7-14-21-27;2-1(3,4)5/h5-7,9-14,16-24H,3-4,8,15H2,1-2H3;/q+1;-1. The third kappa shape index (κ3) is 8.08. The molecule has 0 aliphatic carbocycles. The van der Waals surface area contributed by atoms with Gasteiger partial charge in [-0.3, -0.25) is 0 Å². The quantitative estimate of drug-likeness (QED) is 0.0996. The lowest BCUT2D eigenvalue weighted by Crippen LogP contribution is -2.42. The number of nitrogens with zero attached hydrogens (tertiary/aromatic N) is 1. The molecule has 0 bridgehead atoms. The summed E-state index contributed by atoms with van der Waals surface area (Å²) < 4.78 is 41.6.